The van der Waals surface area contributed by atoms with Crippen LogP contribution in [-0.2, 0) is 6.54 Å². The van der Waals surface area contributed by atoms with Crippen molar-refractivity contribution in [2.75, 3.05) is 13.1 Å². The van der Waals surface area contributed by atoms with Crippen molar-refractivity contribution >= 4 is 22.8 Å². The van der Waals surface area contributed by atoms with E-state index in [1.54, 1.807) is 0 Å². The molecule has 0 bridgehead atoms. The van der Waals surface area contributed by atoms with E-state index in [4.69, 9.17) is 9.97 Å². The second kappa shape index (κ2) is 11.0. The molecule has 0 unspecified atom stereocenters. The molecule has 0 saturated carbocycles. The standard InChI is InChI=1S/C35H30N5O/c41-35-38-32(26-9-3-1-4-10-26)24-40(35)29-19-21-39(22-20-29)23-25-15-17-28(18-16-25)34-33(27-11-5-2-6-12-27)36-30-13-7-8-14-31(30)37-34/h1-18,24,29H,19-23H2. The molecule has 2 amide bonds. The van der Waals surface area contributed by atoms with Crippen LogP contribution in [0.2, 0.25) is 0 Å². The summed E-state index contributed by atoms with van der Waals surface area (Å²) in [6, 6.07) is 37.0. The van der Waals surface area contributed by atoms with Crippen molar-refractivity contribution in [3.05, 3.63) is 127 Å². The van der Waals surface area contributed by atoms with Gasteiger partial charge in [0.25, 0.3) is 0 Å². The average molecular weight is 537 g/mol. The van der Waals surface area contributed by atoms with Gasteiger partial charge in [0.1, 0.15) is 0 Å². The average Bonchev–Trinajstić information content (AvgIpc) is 3.43. The predicted octanol–water partition coefficient (Wildman–Crippen LogP) is 6.97. The zero-order valence-electron chi connectivity index (χ0n) is 22.7. The Morgan fingerprint density at radius 2 is 1.17 bits per heavy atom. The summed E-state index contributed by atoms with van der Waals surface area (Å²) < 4.78 is 0. The Hall–Kier alpha value is -4.81. The lowest BCUT2D eigenvalue weighted by Crippen LogP contribution is -2.44. The summed E-state index contributed by atoms with van der Waals surface area (Å²) in [6.07, 6.45) is 3.80. The fourth-order valence-electron chi connectivity index (χ4n) is 5.77. The van der Waals surface area contributed by atoms with Gasteiger partial charge in [0.15, 0.2) is 0 Å². The molecule has 4 aromatic carbocycles. The fraction of sp³-hybridized carbons (Fsp3) is 0.171. The molecule has 0 N–H and O–H groups in total. The van der Waals surface area contributed by atoms with Gasteiger partial charge in [-0.3, -0.25) is 9.80 Å². The van der Waals surface area contributed by atoms with Crippen LogP contribution in [0.1, 0.15) is 24.0 Å². The number of hydrogen-bond donors (Lipinski definition) is 0. The maximum Gasteiger partial charge on any atom is 0.348 e. The van der Waals surface area contributed by atoms with Crippen LogP contribution < -0.4 is 5.32 Å². The summed E-state index contributed by atoms with van der Waals surface area (Å²) >= 11 is 0. The molecular formula is C35H30N5O. The van der Waals surface area contributed by atoms with Crippen molar-refractivity contribution in [2.45, 2.75) is 25.4 Å². The molecule has 6 nitrogen and oxygen atoms in total. The highest BCUT2D eigenvalue weighted by molar-refractivity contribution is 5.91. The minimum Gasteiger partial charge on any atom is -0.299 e. The molecule has 1 fully saturated rings. The lowest BCUT2D eigenvalue weighted by atomic mass is 10.0. The van der Waals surface area contributed by atoms with E-state index in [1.807, 2.05) is 83.9 Å². The Balaban J connectivity index is 1.04. The lowest BCUT2D eigenvalue weighted by Gasteiger charge is -2.35. The molecule has 201 valence electrons. The summed E-state index contributed by atoms with van der Waals surface area (Å²) in [7, 11) is 0. The number of amides is 2. The van der Waals surface area contributed by atoms with Gasteiger partial charge in [0, 0.05) is 48.6 Å². The summed E-state index contributed by atoms with van der Waals surface area (Å²) in [4.78, 5) is 27.0. The van der Waals surface area contributed by atoms with E-state index in [0.29, 0.717) is 0 Å². The quantitative estimate of drug-likeness (QED) is 0.235. The molecule has 1 radical (unpaired) electrons. The minimum atomic E-state index is -0.149. The number of hydrogen-bond acceptors (Lipinski definition) is 4. The van der Waals surface area contributed by atoms with Gasteiger partial charge in [0.2, 0.25) is 0 Å². The highest BCUT2D eigenvalue weighted by Crippen LogP contribution is 2.32. The number of carbonyl (C=O) groups excluding carboxylic acids is 1. The van der Waals surface area contributed by atoms with E-state index < -0.39 is 0 Å². The van der Waals surface area contributed by atoms with E-state index in [9.17, 15) is 4.79 Å². The lowest BCUT2D eigenvalue weighted by molar-refractivity contribution is 0.145. The molecule has 0 spiro atoms. The van der Waals surface area contributed by atoms with Crippen molar-refractivity contribution < 1.29 is 4.79 Å². The van der Waals surface area contributed by atoms with Gasteiger partial charge in [-0.25, -0.2) is 14.8 Å². The van der Waals surface area contributed by atoms with Crippen LogP contribution in [0.3, 0.4) is 0 Å². The highest BCUT2D eigenvalue weighted by Gasteiger charge is 2.32. The molecule has 5 aromatic rings. The molecule has 3 heterocycles. The Bertz CT molecular complexity index is 1710. The SMILES string of the molecule is O=C1[N]C(c2ccccc2)=CN1C1CCN(Cc2ccc(-c3nc4ccccc4nc3-c3ccccc3)cc2)CC1. The van der Waals surface area contributed by atoms with Crippen LogP contribution >= 0.6 is 0 Å². The van der Waals surface area contributed by atoms with E-state index in [2.05, 4.69) is 46.6 Å². The Kier molecular flexibility index (Phi) is 6.75. The van der Waals surface area contributed by atoms with Crippen LogP contribution in [-0.4, -0.2) is 44.9 Å². The van der Waals surface area contributed by atoms with Gasteiger partial charge in [-0.2, -0.15) is 5.32 Å². The zero-order valence-corrected chi connectivity index (χ0v) is 22.7. The number of aromatic nitrogens is 2. The molecule has 2 aliphatic heterocycles. The van der Waals surface area contributed by atoms with Crippen molar-refractivity contribution in [1.82, 2.24) is 25.1 Å². The van der Waals surface area contributed by atoms with Gasteiger partial charge in [-0.1, -0.05) is 97.1 Å². The third-order valence-electron chi connectivity index (χ3n) is 7.97. The maximum absolute atomic E-state index is 12.6. The second-order valence-corrected chi connectivity index (χ2v) is 10.7. The van der Waals surface area contributed by atoms with Crippen molar-refractivity contribution in [3.63, 3.8) is 0 Å². The number of rotatable bonds is 6. The van der Waals surface area contributed by atoms with E-state index in [0.717, 1.165) is 77.3 Å². The van der Waals surface area contributed by atoms with Gasteiger partial charge in [-0.05, 0) is 30.5 Å². The van der Waals surface area contributed by atoms with Gasteiger partial charge in [-0.15, -0.1) is 0 Å². The first-order valence-corrected chi connectivity index (χ1v) is 14.2. The normalized spacial score (nSPS) is 16.1. The largest absolute Gasteiger partial charge is 0.348 e. The van der Waals surface area contributed by atoms with Crippen LogP contribution in [0.25, 0.3) is 39.2 Å². The first-order chi connectivity index (χ1) is 20.2. The first-order valence-electron chi connectivity index (χ1n) is 14.2. The number of benzene rings is 4. The first kappa shape index (κ1) is 25.2. The molecule has 41 heavy (non-hydrogen) atoms. The van der Waals surface area contributed by atoms with Crippen molar-refractivity contribution in [3.8, 4) is 22.5 Å². The third kappa shape index (κ3) is 5.22. The molecule has 0 aliphatic carbocycles. The van der Waals surface area contributed by atoms with E-state index in [-0.39, 0.29) is 12.1 Å². The van der Waals surface area contributed by atoms with E-state index in [1.165, 1.54) is 5.56 Å². The number of para-hydroxylation sites is 2. The van der Waals surface area contributed by atoms with Gasteiger partial charge in [0.05, 0.1) is 28.1 Å². The number of urea groups is 1. The molecule has 0 atom stereocenters. The summed E-state index contributed by atoms with van der Waals surface area (Å²) in [5.41, 5.74) is 8.69. The molecule has 7 rings (SSSR count). The number of piperidine rings is 1. The highest BCUT2D eigenvalue weighted by atomic mass is 16.2. The van der Waals surface area contributed by atoms with E-state index >= 15 is 0 Å². The predicted molar refractivity (Wildman–Crippen MR) is 162 cm³/mol. The summed E-state index contributed by atoms with van der Waals surface area (Å²) in [6.45, 7) is 2.77. The topological polar surface area (TPSA) is 63.4 Å². The van der Waals surface area contributed by atoms with Crippen LogP contribution in [0.5, 0.6) is 0 Å². The minimum absolute atomic E-state index is 0.149. The number of carbonyl (C=O) groups is 1. The number of nitrogens with zero attached hydrogens (tertiary/aromatic N) is 5. The Morgan fingerprint density at radius 1 is 0.634 bits per heavy atom. The van der Waals surface area contributed by atoms with Crippen molar-refractivity contribution in [1.29, 1.82) is 0 Å². The summed E-state index contributed by atoms with van der Waals surface area (Å²) in [5.74, 6) is 0. The van der Waals surface area contributed by atoms with Crippen LogP contribution in [0.4, 0.5) is 4.79 Å². The number of fused-ring (bicyclic) bond motifs is 1. The van der Waals surface area contributed by atoms with Gasteiger partial charge < -0.3 is 0 Å². The number of likely N-dealkylation sites (tertiary alicyclic amines) is 1. The monoisotopic (exact) mass is 536 g/mol. The molecular weight excluding hydrogens is 506 g/mol. The second-order valence-electron chi connectivity index (χ2n) is 10.7. The third-order valence-corrected chi connectivity index (χ3v) is 7.97. The fourth-order valence-corrected chi connectivity index (χ4v) is 5.77. The van der Waals surface area contributed by atoms with Crippen molar-refractivity contribution in [2.24, 2.45) is 0 Å². The molecule has 6 heteroatoms. The van der Waals surface area contributed by atoms with Crippen LogP contribution in [0.15, 0.2) is 115 Å². The Labute approximate surface area is 240 Å². The zero-order chi connectivity index (χ0) is 27.6. The van der Waals surface area contributed by atoms with Gasteiger partial charge >= 0.3 is 6.03 Å². The maximum atomic E-state index is 12.6. The smallest absolute Gasteiger partial charge is 0.299 e. The van der Waals surface area contributed by atoms with Crippen LogP contribution in [0, 0.1) is 0 Å². The molecule has 1 aromatic heterocycles. The molecule has 2 aliphatic rings. The Morgan fingerprint density at radius 3 is 1.78 bits per heavy atom. The molecule has 1 saturated heterocycles. The summed E-state index contributed by atoms with van der Waals surface area (Å²) in [5, 5.41) is 4.30.